The van der Waals surface area contributed by atoms with Gasteiger partial charge in [0.25, 0.3) is 11.5 Å². The molecule has 0 bridgehead atoms. The predicted octanol–water partition coefficient (Wildman–Crippen LogP) is 0.724. The van der Waals surface area contributed by atoms with Gasteiger partial charge in [0, 0.05) is 24.5 Å². The molecule has 0 aromatic carbocycles. The maximum absolute atomic E-state index is 12.4. The number of pyridine rings is 2. The molecule has 3 aromatic heterocycles. The summed E-state index contributed by atoms with van der Waals surface area (Å²) in [5.41, 5.74) is -0.210. The molecule has 0 fully saturated rings. The number of hydrogen-bond acceptors (Lipinski definition) is 6. The van der Waals surface area contributed by atoms with Crippen molar-refractivity contribution in [2.45, 2.75) is 26.5 Å². The van der Waals surface area contributed by atoms with E-state index in [1.807, 2.05) is 13.8 Å². The number of amides is 1. The predicted molar refractivity (Wildman–Crippen MR) is 94.2 cm³/mol. The molecular formula is C17H17N5O4. The Morgan fingerprint density at radius 3 is 2.85 bits per heavy atom. The maximum Gasteiger partial charge on any atom is 0.327 e. The van der Waals surface area contributed by atoms with Gasteiger partial charge in [-0.25, -0.2) is 14.8 Å². The summed E-state index contributed by atoms with van der Waals surface area (Å²) in [5, 5.41) is 2.87. The Balaban J connectivity index is 1.80. The number of rotatable bonds is 5. The average molecular weight is 355 g/mol. The maximum atomic E-state index is 12.4. The molecule has 0 atom stereocenters. The normalized spacial score (nSPS) is 10.9. The molecule has 0 aliphatic heterocycles. The Labute approximate surface area is 147 Å². The number of aromatic nitrogens is 4. The van der Waals surface area contributed by atoms with E-state index in [-0.39, 0.29) is 29.2 Å². The fraction of sp³-hybridized carbons (Fsp3) is 0.235. The highest BCUT2D eigenvalue weighted by Gasteiger charge is 2.12. The van der Waals surface area contributed by atoms with E-state index in [0.717, 1.165) is 5.56 Å². The van der Waals surface area contributed by atoms with Crippen LogP contribution in [-0.4, -0.2) is 31.9 Å². The Morgan fingerprint density at radius 2 is 2.08 bits per heavy atom. The van der Waals surface area contributed by atoms with E-state index < -0.39 is 17.2 Å². The quantitative estimate of drug-likeness (QED) is 0.618. The van der Waals surface area contributed by atoms with Crippen LogP contribution in [0.5, 0.6) is 5.88 Å². The van der Waals surface area contributed by atoms with Crippen LogP contribution in [0.1, 0.15) is 29.8 Å². The van der Waals surface area contributed by atoms with Crippen LogP contribution < -0.4 is 21.3 Å². The third-order valence-corrected chi connectivity index (χ3v) is 3.49. The van der Waals surface area contributed by atoms with E-state index in [2.05, 4.69) is 25.3 Å². The largest absolute Gasteiger partial charge is 0.475 e. The van der Waals surface area contributed by atoms with Crippen molar-refractivity contribution in [1.29, 1.82) is 0 Å². The molecule has 3 heterocycles. The molecule has 134 valence electrons. The molecule has 0 unspecified atom stereocenters. The highest BCUT2D eigenvalue weighted by molar-refractivity contribution is 5.96. The highest BCUT2D eigenvalue weighted by atomic mass is 16.5. The van der Waals surface area contributed by atoms with Gasteiger partial charge in [0.15, 0.2) is 0 Å². The molecule has 3 aromatic rings. The van der Waals surface area contributed by atoms with Gasteiger partial charge in [-0.3, -0.25) is 19.6 Å². The number of ether oxygens (including phenoxy) is 1. The van der Waals surface area contributed by atoms with Gasteiger partial charge in [-0.1, -0.05) is 6.07 Å². The molecule has 3 rings (SSSR count). The van der Waals surface area contributed by atoms with Crippen molar-refractivity contribution in [3.05, 3.63) is 62.6 Å². The van der Waals surface area contributed by atoms with Gasteiger partial charge in [-0.05, 0) is 26.0 Å². The fourth-order valence-electron chi connectivity index (χ4n) is 2.34. The van der Waals surface area contributed by atoms with Crippen LogP contribution in [0.2, 0.25) is 0 Å². The zero-order valence-corrected chi connectivity index (χ0v) is 14.2. The number of carbonyl (C=O) groups is 1. The molecule has 1 amide bonds. The minimum atomic E-state index is -0.651. The molecule has 0 saturated heterocycles. The summed E-state index contributed by atoms with van der Waals surface area (Å²) in [7, 11) is 0. The summed E-state index contributed by atoms with van der Waals surface area (Å²) >= 11 is 0. The van der Waals surface area contributed by atoms with Gasteiger partial charge < -0.3 is 10.1 Å². The monoisotopic (exact) mass is 355 g/mol. The Bertz CT molecular complexity index is 1070. The molecule has 0 spiro atoms. The van der Waals surface area contributed by atoms with Crippen LogP contribution in [-0.2, 0) is 6.54 Å². The van der Waals surface area contributed by atoms with Gasteiger partial charge in [-0.2, -0.15) is 0 Å². The first-order chi connectivity index (χ1) is 12.4. The van der Waals surface area contributed by atoms with Crippen molar-refractivity contribution >= 4 is 16.9 Å². The molecular weight excluding hydrogens is 338 g/mol. The highest BCUT2D eigenvalue weighted by Crippen LogP contribution is 2.16. The Morgan fingerprint density at radius 1 is 1.27 bits per heavy atom. The third-order valence-electron chi connectivity index (χ3n) is 3.49. The first-order valence-electron chi connectivity index (χ1n) is 7.95. The van der Waals surface area contributed by atoms with E-state index in [9.17, 15) is 14.4 Å². The minimum absolute atomic E-state index is 0.0436. The van der Waals surface area contributed by atoms with Gasteiger partial charge in [0.2, 0.25) is 5.88 Å². The van der Waals surface area contributed by atoms with Gasteiger partial charge >= 0.3 is 5.69 Å². The zero-order valence-electron chi connectivity index (χ0n) is 14.2. The van der Waals surface area contributed by atoms with Gasteiger partial charge in [0.05, 0.1) is 17.1 Å². The van der Waals surface area contributed by atoms with Crippen molar-refractivity contribution in [3.63, 3.8) is 0 Å². The van der Waals surface area contributed by atoms with Crippen molar-refractivity contribution < 1.29 is 9.53 Å². The summed E-state index contributed by atoms with van der Waals surface area (Å²) in [5.74, 6) is 0.0396. The number of nitrogens with one attached hydrogen (secondary N) is 3. The van der Waals surface area contributed by atoms with Crippen LogP contribution in [0.15, 0.2) is 40.2 Å². The van der Waals surface area contributed by atoms with Crippen LogP contribution in [0.3, 0.4) is 0 Å². The van der Waals surface area contributed by atoms with Crippen molar-refractivity contribution in [2.75, 3.05) is 0 Å². The van der Waals surface area contributed by atoms with E-state index >= 15 is 0 Å². The molecule has 9 heteroatoms. The second kappa shape index (κ2) is 7.18. The van der Waals surface area contributed by atoms with Crippen LogP contribution in [0.25, 0.3) is 11.0 Å². The fourth-order valence-corrected chi connectivity index (χ4v) is 2.34. The SMILES string of the molecule is CC(C)Oc1ncccc1CNC(=O)c1cnc2[nH]c(=O)[nH]c(=O)c2c1. The lowest BCUT2D eigenvalue weighted by molar-refractivity contribution is 0.0950. The smallest absolute Gasteiger partial charge is 0.327 e. The van der Waals surface area contributed by atoms with Crippen molar-refractivity contribution in [2.24, 2.45) is 0 Å². The molecule has 0 saturated carbocycles. The summed E-state index contributed by atoms with van der Waals surface area (Å²) < 4.78 is 5.61. The van der Waals surface area contributed by atoms with E-state index in [1.54, 1.807) is 18.3 Å². The molecule has 0 aliphatic rings. The summed E-state index contributed by atoms with van der Waals surface area (Å²) in [6.45, 7) is 3.98. The molecule has 9 nitrogen and oxygen atoms in total. The second-order valence-electron chi connectivity index (χ2n) is 5.85. The third kappa shape index (κ3) is 3.77. The lowest BCUT2D eigenvalue weighted by Crippen LogP contribution is -2.25. The summed E-state index contributed by atoms with van der Waals surface area (Å²) in [6, 6.07) is 4.93. The van der Waals surface area contributed by atoms with E-state index in [0.29, 0.717) is 5.88 Å². The molecule has 0 aliphatic carbocycles. The number of nitrogens with zero attached hydrogens (tertiary/aromatic N) is 2. The second-order valence-corrected chi connectivity index (χ2v) is 5.85. The molecule has 26 heavy (non-hydrogen) atoms. The number of H-pyrrole nitrogens is 2. The number of aromatic amines is 2. The lowest BCUT2D eigenvalue weighted by atomic mass is 10.2. The van der Waals surface area contributed by atoms with Gasteiger partial charge in [-0.15, -0.1) is 0 Å². The van der Waals surface area contributed by atoms with Crippen molar-refractivity contribution in [3.8, 4) is 5.88 Å². The van der Waals surface area contributed by atoms with Crippen LogP contribution >= 0.6 is 0 Å². The van der Waals surface area contributed by atoms with Crippen LogP contribution in [0, 0.1) is 0 Å². The van der Waals surface area contributed by atoms with Crippen LogP contribution in [0.4, 0.5) is 0 Å². The average Bonchev–Trinajstić information content (AvgIpc) is 2.60. The topological polar surface area (TPSA) is 130 Å². The zero-order chi connectivity index (χ0) is 18.7. The van der Waals surface area contributed by atoms with Gasteiger partial charge in [0.1, 0.15) is 5.65 Å². The lowest BCUT2D eigenvalue weighted by Gasteiger charge is -2.13. The summed E-state index contributed by atoms with van der Waals surface area (Å²) in [4.78, 5) is 48.1. The Hall–Kier alpha value is -3.49. The minimum Gasteiger partial charge on any atom is -0.475 e. The first-order valence-corrected chi connectivity index (χ1v) is 7.95. The number of fused-ring (bicyclic) bond motifs is 1. The van der Waals surface area contributed by atoms with E-state index in [1.165, 1.54) is 12.3 Å². The first kappa shape index (κ1) is 17.3. The standard InChI is InChI=1S/C17H17N5O4/c1-9(2)26-16-10(4-3-5-18-16)7-20-14(23)11-6-12-13(19-8-11)21-17(25)22-15(12)24/h3-6,8-9H,7H2,1-2H3,(H,20,23)(H2,19,21,22,24,25). The Kier molecular flexibility index (Phi) is 4.78. The molecule has 0 radical (unpaired) electrons. The van der Waals surface area contributed by atoms with E-state index in [4.69, 9.17) is 4.74 Å². The van der Waals surface area contributed by atoms with Crippen molar-refractivity contribution in [1.82, 2.24) is 25.3 Å². The number of hydrogen-bond donors (Lipinski definition) is 3. The molecule has 3 N–H and O–H groups in total. The number of carbonyl (C=O) groups excluding carboxylic acids is 1. The summed E-state index contributed by atoms with van der Waals surface area (Å²) in [6.07, 6.45) is 2.86.